The second-order valence-corrected chi connectivity index (χ2v) is 7.03. The van der Waals surface area contributed by atoms with E-state index in [-0.39, 0.29) is 5.41 Å². The largest absolute Gasteiger partial charge is 0.256 e. The summed E-state index contributed by atoms with van der Waals surface area (Å²) in [5.41, 5.74) is 5.08. The van der Waals surface area contributed by atoms with Crippen molar-refractivity contribution in [2.75, 3.05) is 0 Å². The van der Waals surface area contributed by atoms with Crippen LogP contribution in [0.25, 0.3) is 0 Å². The standard InChI is InChI=1S/C21H27N/c1-6-16(2)18-9-13-20(14-10-18)22-15-17-7-11-19(12-8-17)21(3,4)5/h7-16H,6H2,1-5H3. The van der Waals surface area contributed by atoms with E-state index in [1.807, 2.05) is 6.21 Å². The minimum absolute atomic E-state index is 0.196. The highest BCUT2D eigenvalue weighted by Crippen LogP contribution is 2.23. The van der Waals surface area contributed by atoms with E-state index in [0.717, 1.165) is 11.3 Å². The van der Waals surface area contributed by atoms with Gasteiger partial charge in [-0.25, -0.2) is 0 Å². The summed E-state index contributed by atoms with van der Waals surface area (Å²) in [7, 11) is 0. The maximum Gasteiger partial charge on any atom is 0.0630 e. The van der Waals surface area contributed by atoms with Gasteiger partial charge in [-0.2, -0.15) is 0 Å². The highest BCUT2D eigenvalue weighted by atomic mass is 14.7. The Balaban J connectivity index is 2.08. The van der Waals surface area contributed by atoms with Gasteiger partial charge in [0.25, 0.3) is 0 Å². The molecule has 0 aromatic heterocycles. The highest BCUT2D eigenvalue weighted by molar-refractivity contribution is 5.82. The Bertz CT molecular complexity index is 612. The SMILES string of the molecule is CCC(C)c1ccc(N=Cc2ccc(C(C)(C)C)cc2)cc1. The van der Waals surface area contributed by atoms with Crippen molar-refractivity contribution < 1.29 is 0 Å². The molecule has 0 amide bonds. The molecule has 0 saturated heterocycles. The average molecular weight is 293 g/mol. The third-order valence-electron chi connectivity index (χ3n) is 4.21. The molecule has 0 spiro atoms. The summed E-state index contributed by atoms with van der Waals surface area (Å²) in [5, 5.41) is 0. The fraction of sp³-hybridized carbons (Fsp3) is 0.381. The van der Waals surface area contributed by atoms with Crippen LogP contribution in [0.15, 0.2) is 53.5 Å². The van der Waals surface area contributed by atoms with Gasteiger partial charge in [-0.15, -0.1) is 0 Å². The molecule has 2 rings (SSSR count). The van der Waals surface area contributed by atoms with Crippen molar-refractivity contribution >= 4 is 11.9 Å². The first kappa shape index (κ1) is 16.5. The summed E-state index contributed by atoms with van der Waals surface area (Å²) < 4.78 is 0. The van der Waals surface area contributed by atoms with Crippen molar-refractivity contribution in [3.05, 3.63) is 65.2 Å². The third-order valence-corrected chi connectivity index (χ3v) is 4.21. The number of hydrogen-bond donors (Lipinski definition) is 0. The molecule has 0 radical (unpaired) electrons. The topological polar surface area (TPSA) is 12.4 Å². The lowest BCUT2D eigenvalue weighted by atomic mass is 9.87. The fourth-order valence-corrected chi connectivity index (χ4v) is 2.34. The lowest BCUT2D eigenvalue weighted by Gasteiger charge is -2.18. The molecular weight excluding hydrogens is 266 g/mol. The minimum Gasteiger partial charge on any atom is -0.256 e. The van der Waals surface area contributed by atoms with Gasteiger partial charge in [0, 0.05) is 6.21 Å². The Hall–Kier alpha value is -1.89. The molecule has 0 heterocycles. The molecule has 2 aromatic rings. The van der Waals surface area contributed by atoms with E-state index in [0.29, 0.717) is 5.92 Å². The van der Waals surface area contributed by atoms with Crippen molar-refractivity contribution in [3.63, 3.8) is 0 Å². The Labute approximate surface area is 135 Å². The summed E-state index contributed by atoms with van der Waals surface area (Å²) in [6.45, 7) is 11.2. The van der Waals surface area contributed by atoms with Gasteiger partial charge in [0.2, 0.25) is 0 Å². The summed E-state index contributed by atoms with van der Waals surface area (Å²) in [4.78, 5) is 4.57. The van der Waals surface area contributed by atoms with E-state index in [9.17, 15) is 0 Å². The predicted octanol–water partition coefficient (Wildman–Crippen LogP) is 6.25. The van der Waals surface area contributed by atoms with Gasteiger partial charge in [0.05, 0.1) is 5.69 Å². The lowest BCUT2D eigenvalue weighted by molar-refractivity contribution is 0.590. The van der Waals surface area contributed by atoms with Crippen molar-refractivity contribution in [1.82, 2.24) is 0 Å². The number of nitrogens with zero attached hydrogens (tertiary/aromatic N) is 1. The average Bonchev–Trinajstić information content (AvgIpc) is 2.52. The van der Waals surface area contributed by atoms with Crippen molar-refractivity contribution in [2.45, 2.75) is 52.4 Å². The van der Waals surface area contributed by atoms with Crippen molar-refractivity contribution in [1.29, 1.82) is 0 Å². The number of hydrogen-bond acceptors (Lipinski definition) is 1. The van der Waals surface area contributed by atoms with Gasteiger partial charge in [-0.3, -0.25) is 4.99 Å². The van der Waals surface area contributed by atoms with Crippen molar-refractivity contribution in [2.24, 2.45) is 4.99 Å². The van der Waals surface area contributed by atoms with E-state index in [1.165, 1.54) is 17.5 Å². The van der Waals surface area contributed by atoms with E-state index in [4.69, 9.17) is 0 Å². The minimum atomic E-state index is 0.196. The molecular formula is C21H27N. The van der Waals surface area contributed by atoms with E-state index in [2.05, 4.69) is 88.1 Å². The maximum absolute atomic E-state index is 4.57. The molecule has 116 valence electrons. The van der Waals surface area contributed by atoms with Crippen LogP contribution in [0.4, 0.5) is 5.69 Å². The summed E-state index contributed by atoms with van der Waals surface area (Å²) >= 11 is 0. The highest BCUT2D eigenvalue weighted by Gasteiger charge is 2.12. The zero-order chi connectivity index (χ0) is 16.2. The van der Waals surface area contributed by atoms with Crippen molar-refractivity contribution in [3.8, 4) is 0 Å². The van der Waals surface area contributed by atoms with Crippen LogP contribution in [0.1, 0.15) is 63.6 Å². The van der Waals surface area contributed by atoms with Gasteiger partial charge in [0.1, 0.15) is 0 Å². The molecule has 22 heavy (non-hydrogen) atoms. The summed E-state index contributed by atoms with van der Waals surface area (Å²) in [6, 6.07) is 17.2. The first-order chi connectivity index (χ1) is 10.4. The zero-order valence-electron chi connectivity index (χ0n) is 14.4. The molecule has 1 atom stereocenters. The molecule has 0 bridgehead atoms. The monoisotopic (exact) mass is 293 g/mol. The van der Waals surface area contributed by atoms with Crippen LogP contribution >= 0.6 is 0 Å². The van der Waals surface area contributed by atoms with Crippen LogP contribution in [0.3, 0.4) is 0 Å². The Morgan fingerprint density at radius 1 is 0.955 bits per heavy atom. The molecule has 2 aromatic carbocycles. The molecule has 0 aliphatic heterocycles. The number of aliphatic imine (C=N–C) groups is 1. The first-order valence-electron chi connectivity index (χ1n) is 8.14. The van der Waals surface area contributed by atoms with Gasteiger partial charge < -0.3 is 0 Å². The van der Waals surface area contributed by atoms with Crippen LogP contribution in [-0.2, 0) is 5.41 Å². The molecule has 0 N–H and O–H groups in total. The van der Waals surface area contributed by atoms with E-state index < -0.39 is 0 Å². The molecule has 1 heteroatoms. The molecule has 1 nitrogen and oxygen atoms in total. The fourth-order valence-electron chi connectivity index (χ4n) is 2.34. The third kappa shape index (κ3) is 4.30. The quantitative estimate of drug-likeness (QED) is 0.591. The summed E-state index contributed by atoms with van der Waals surface area (Å²) in [6.07, 6.45) is 3.10. The molecule has 0 aliphatic rings. The smallest absolute Gasteiger partial charge is 0.0630 e. The Kier molecular flexibility index (Phi) is 5.18. The molecule has 0 aliphatic carbocycles. The van der Waals surface area contributed by atoms with E-state index >= 15 is 0 Å². The van der Waals surface area contributed by atoms with Crippen LogP contribution in [0.5, 0.6) is 0 Å². The first-order valence-corrected chi connectivity index (χ1v) is 8.14. The molecule has 0 fully saturated rings. The van der Waals surface area contributed by atoms with Crippen LogP contribution in [-0.4, -0.2) is 6.21 Å². The second-order valence-electron chi connectivity index (χ2n) is 7.03. The van der Waals surface area contributed by atoms with Crippen LogP contribution in [0, 0.1) is 0 Å². The summed E-state index contributed by atoms with van der Waals surface area (Å²) in [5.74, 6) is 0.614. The second kappa shape index (κ2) is 6.91. The Morgan fingerprint density at radius 3 is 2.05 bits per heavy atom. The van der Waals surface area contributed by atoms with Gasteiger partial charge >= 0.3 is 0 Å². The van der Waals surface area contributed by atoms with Crippen LogP contribution < -0.4 is 0 Å². The van der Waals surface area contributed by atoms with Gasteiger partial charge in [-0.05, 0) is 46.6 Å². The zero-order valence-corrected chi connectivity index (χ0v) is 14.4. The predicted molar refractivity (Wildman–Crippen MR) is 97.5 cm³/mol. The maximum atomic E-state index is 4.57. The molecule has 0 saturated carbocycles. The number of benzene rings is 2. The molecule has 1 unspecified atom stereocenters. The van der Waals surface area contributed by atoms with E-state index in [1.54, 1.807) is 0 Å². The number of rotatable bonds is 4. The van der Waals surface area contributed by atoms with Crippen LogP contribution in [0.2, 0.25) is 0 Å². The lowest BCUT2D eigenvalue weighted by Crippen LogP contribution is -2.10. The normalized spacial score (nSPS) is 13.5. The van der Waals surface area contributed by atoms with Gasteiger partial charge in [0.15, 0.2) is 0 Å². The van der Waals surface area contributed by atoms with Gasteiger partial charge in [-0.1, -0.05) is 71.0 Å². The Morgan fingerprint density at radius 2 is 1.55 bits per heavy atom.